The number of aliphatic hydroxyl groups is 1. The van der Waals surface area contributed by atoms with Crippen LogP contribution in [0.4, 0.5) is 0 Å². The molecule has 0 aromatic heterocycles. The van der Waals surface area contributed by atoms with Crippen molar-refractivity contribution in [1.29, 1.82) is 0 Å². The molecule has 0 bridgehead atoms. The molecule has 0 spiro atoms. The Balaban J connectivity index is 1.57. The first-order valence-corrected chi connectivity index (χ1v) is 6.81. The predicted molar refractivity (Wildman–Crippen MR) is 69.0 cm³/mol. The third-order valence-corrected chi connectivity index (χ3v) is 4.34. The van der Waals surface area contributed by atoms with Gasteiger partial charge in [-0.3, -0.25) is 4.90 Å². The van der Waals surface area contributed by atoms with E-state index in [1.54, 1.807) is 0 Å². The Morgan fingerprint density at radius 3 is 2.41 bits per heavy atom. The summed E-state index contributed by atoms with van der Waals surface area (Å²) in [4.78, 5) is 2.47. The molecule has 1 aliphatic heterocycles. The van der Waals surface area contributed by atoms with E-state index >= 15 is 0 Å². The summed E-state index contributed by atoms with van der Waals surface area (Å²) in [6, 6.07) is 11.2. The highest BCUT2D eigenvalue weighted by atomic mass is 16.3. The minimum absolute atomic E-state index is 0.0829. The lowest BCUT2D eigenvalue weighted by Gasteiger charge is -2.47. The maximum Gasteiger partial charge on any atom is 0.0695 e. The molecule has 92 valence electrons. The molecule has 0 amide bonds. The SMILES string of the molecule is O[C@@H]1CCCC[C@@H]1N1CC(c2ccccc2)C1. The van der Waals surface area contributed by atoms with Crippen molar-refractivity contribution in [3.05, 3.63) is 35.9 Å². The highest BCUT2D eigenvalue weighted by Crippen LogP contribution is 2.33. The molecule has 1 heterocycles. The fourth-order valence-corrected chi connectivity index (χ4v) is 3.24. The molecular formula is C15H21NO. The fourth-order valence-electron chi connectivity index (χ4n) is 3.24. The van der Waals surface area contributed by atoms with E-state index in [4.69, 9.17) is 0 Å². The van der Waals surface area contributed by atoms with Crippen LogP contribution in [0.5, 0.6) is 0 Å². The number of hydrogen-bond acceptors (Lipinski definition) is 2. The fraction of sp³-hybridized carbons (Fsp3) is 0.600. The standard InChI is InChI=1S/C15H21NO/c17-15-9-5-4-8-14(15)16-10-13(11-16)12-6-2-1-3-7-12/h1-3,6-7,13-15,17H,4-5,8-11H2/t14-,15+/m0/s1. The van der Waals surface area contributed by atoms with Gasteiger partial charge in [-0.1, -0.05) is 43.2 Å². The Morgan fingerprint density at radius 2 is 1.71 bits per heavy atom. The first-order valence-electron chi connectivity index (χ1n) is 6.81. The maximum atomic E-state index is 10.0. The van der Waals surface area contributed by atoms with Crippen LogP contribution in [0.1, 0.15) is 37.2 Å². The topological polar surface area (TPSA) is 23.5 Å². The summed E-state index contributed by atoms with van der Waals surface area (Å²) < 4.78 is 0. The molecule has 2 nitrogen and oxygen atoms in total. The Labute approximate surface area is 103 Å². The third kappa shape index (κ3) is 2.24. The van der Waals surface area contributed by atoms with Crippen LogP contribution in [0.25, 0.3) is 0 Å². The summed E-state index contributed by atoms with van der Waals surface area (Å²) in [6.07, 6.45) is 4.59. The lowest BCUT2D eigenvalue weighted by molar-refractivity contribution is -0.0187. The number of likely N-dealkylation sites (tertiary alicyclic amines) is 1. The quantitative estimate of drug-likeness (QED) is 0.845. The third-order valence-electron chi connectivity index (χ3n) is 4.34. The molecule has 3 rings (SSSR count). The first-order chi connectivity index (χ1) is 8.34. The normalized spacial score (nSPS) is 31.1. The van der Waals surface area contributed by atoms with Gasteiger partial charge in [-0.15, -0.1) is 0 Å². The zero-order chi connectivity index (χ0) is 11.7. The lowest BCUT2D eigenvalue weighted by Crippen LogP contribution is -2.55. The van der Waals surface area contributed by atoms with Crippen LogP contribution < -0.4 is 0 Å². The minimum Gasteiger partial charge on any atom is -0.391 e. The molecule has 1 N–H and O–H groups in total. The number of hydrogen-bond donors (Lipinski definition) is 1. The van der Waals surface area contributed by atoms with Crippen LogP contribution in [0.2, 0.25) is 0 Å². The summed E-state index contributed by atoms with van der Waals surface area (Å²) in [5, 5.41) is 10.0. The number of rotatable bonds is 2. The van der Waals surface area contributed by atoms with Crippen LogP contribution in [0.3, 0.4) is 0 Å². The van der Waals surface area contributed by atoms with Crippen molar-refractivity contribution in [2.24, 2.45) is 0 Å². The Bertz CT molecular complexity index is 358. The van der Waals surface area contributed by atoms with Crippen molar-refractivity contribution in [2.75, 3.05) is 13.1 Å². The molecule has 1 saturated carbocycles. The molecular weight excluding hydrogens is 210 g/mol. The van der Waals surface area contributed by atoms with Gasteiger partial charge >= 0.3 is 0 Å². The number of aliphatic hydroxyl groups excluding tert-OH is 1. The summed E-state index contributed by atoms with van der Waals surface area (Å²) in [5.41, 5.74) is 1.45. The smallest absolute Gasteiger partial charge is 0.0695 e. The van der Waals surface area contributed by atoms with Gasteiger partial charge in [0.05, 0.1) is 6.10 Å². The van der Waals surface area contributed by atoms with Gasteiger partial charge in [-0.05, 0) is 18.4 Å². The van der Waals surface area contributed by atoms with Gasteiger partial charge in [0, 0.05) is 25.0 Å². The van der Waals surface area contributed by atoms with Crippen LogP contribution in [-0.4, -0.2) is 35.2 Å². The molecule has 2 atom stereocenters. The van der Waals surface area contributed by atoms with E-state index < -0.39 is 0 Å². The van der Waals surface area contributed by atoms with Crippen molar-refractivity contribution in [2.45, 2.75) is 43.7 Å². The molecule has 0 radical (unpaired) electrons. The monoisotopic (exact) mass is 231 g/mol. The molecule has 1 aromatic carbocycles. The van der Waals surface area contributed by atoms with E-state index in [-0.39, 0.29) is 6.10 Å². The zero-order valence-corrected chi connectivity index (χ0v) is 10.3. The van der Waals surface area contributed by atoms with Crippen molar-refractivity contribution in [3.63, 3.8) is 0 Å². The lowest BCUT2D eigenvalue weighted by atomic mass is 9.84. The first kappa shape index (κ1) is 11.2. The molecule has 2 fully saturated rings. The van der Waals surface area contributed by atoms with E-state index in [1.165, 1.54) is 24.8 Å². The minimum atomic E-state index is -0.0829. The summed E-state index contributed by atoms with van der Waals surface area (Å²) in [7, 11) is 0. The average Bonchev–Trinajstić information content (AvgIpc) is 2.31. The maximum absolute atomic E-state index is 10.0. The van der Waals surface area contributed by atoms with Gasteiger partial charge in [0.25, 0.3) is 0 Å². The van der Waals surface area contributed by atoms with Gasteiger partial charge in [0.2, 0.25) is 0 Å². The Morgan fingerprint density at radius 1 is 1.00 bits per heavy atom. The highest BCUT2D eigenvalue weighted by Gasteiger charge is 2.37. The van der Waals surface area contributed by atoms with E-state index in [2.05, 4.69) is 35.2 Å². The largest absolute Gasteiger partial charge is 0.391 e. The zero-order valence-electron chi connectivity index (χ0n) is 10.3. The molecule has 1 aromatic rings. The van der Waals surface area contributed by atoms with Crippen LogP contribution in [-0.2, 0) is 0 Å². The predicted octanol–water partition coefficient (Wildman–Crippen LogP) is 2.39. The van der Waals surface area contributed by atoms with Crippen molar-refractivity contribution < 1.29 is 5.11 Å². The highest BCUT2D eigenvalue weighted by molar-refractivity contribution is 5.23. The van der Waals surface area contributed by atoms with Crippen LogP contribution >= 0.6 is 0 Å². The Kier molecular flexibility index (Phi) is 3.17. The van der Waals surface area contributed by atoms with Gasteiger partial charge in [-0.2, -0.15) is 0 Å². The van der Waals surface area contributed by atoms with E-state index in [0.717, 1.165) is 19.5 Å². The molecule has 1 saturated heterocycles. The van der Waals surface area contributed by atoms with Gasteiger partial charge in [0.15, 0.2) is 0 Å². The van der Waals surface area contributed by atoms with E-state index in [9.17, 15) is 5.11 Å². The summed E-state index contributed by atoms with van der Waals surface area (Å²) >= 11 is 0. The molecule has 1 aliphatic carbocycles. The molecule has 17 heavy (non-hydrogen) atoms. The Hall–Kier alpha value is -0.860. The van der Waals surface area contributed by atoms with Gasteiger partial charge in [0.1, 0.15) is 0 Å². The number of nitrogens with zero attached hydrogens (tertiary/aromatic N) is 1. The van der Waals surface area contributed by atoms with Crippen molar-refractivity contribution >= 4 is 0 Å². The average molecular weight is 231 g/mol. The molecule has 0 unspecified atom stereocenters. The van der Waals surface area contributed by atoms with Crippen LogP contribution in [0, 0.1) is 0 Å². The summed E-state index contributed by atoms with van der Waals surface area (Å²) in [6.45, 7) is 2.26. The second kappa shape index (κ2) is 4.79. The van der Waals surface area contributed by atoms with E-state index in [0.29, 0.717) is 12.0 Å². The van der Waals surface area contributed by atoms with Crippen LogP contribution in [0.15, 0.2) is 30.3 Å². The van der Waals surface area contributed by atoms with Crippen molar-refractivity contribution in [1.82, 2.24) is 4.90 Å². The second-order valence-corrected chi connectivity index (χ2v) is 5.48. The van der Waals surface area contributed by atoms with Gasteiger partial charge < -0.3 is 5.11 Å². The number of benzene rings is 1. The molecule has 2 heteroatoms. The summed E-state index contributed by atoms with van der Waals surface area (Å²) in [5.74, 6) is 0.685. The van der Waals surface area contributed by atoms with E-state index in [1.807, 2.05) is 0 Å². The second-order valence-electron chi connectivity index (χ2n) is 5.48. The van der Waals surface area contributed by atoms with Gasteiger partial charge in [-0.25, -0.2) is 0 Å². The van der Waals surface area contributed by atoms with Crippen molar-refractivity contribution in [3.8, 4) is 0 Å². The molecule has 2 aliphatic rings.